The first-order valence-corrected chi connectivity index (χ1v) is 21.4. The van der Waals surface area contributed by atoms with Crippen LogP contribution >= 0.6 is 0 Å². The molecule has 30 atom stereocenters. The van der Waals surface area contributed by atoms with Gasteiger partial charge in [-0.25, -0.2) is 0 Å². The summed E-state index contributed by atoms with van der Waals surface area (Å²) in [6.07, 6.45) is -43.4. The SMILES string of the molecule is COC[C@H]1O[C@@H](O[C@H]2[C@H]3OC[C@@H]2O[C@@H](O[C@H]2[C@@H](O)[C@@H](CO)OC(O)[C@@H]2O)[C@H]3O)[C@H](O)[C@@H](O[C@@H]2O[C@H]3CO[C@@H]([C@@H]2O)[C@@H]3O[C@@H]2O[C@H](CO)[C@H](O)[C@H](O[C@@H]3O[C@H]4CO[C@@H]([C@@H]3O)[C@@H]4O)[C@H]2O)[C@H]1O. The van der Waals surface area contributed by atoms with Crippen LogP contribution in [0.4, 0.5) is 0 Å². The van der Waals surface area contributed by atoms with Gasteiger partial charge in [0.15, 0.2) is 37.7 Å². The molecule has 0 amide bonds. The first-order chi connectivity index (χ1) is 31.1. The molecule has 9 aliphatic rings. The topological polar surface area (TPSA) is 401 Å². The van der Waals surface area contributed by atoms with Crippen LogP contribution in [-0.4, -0.2) is 297 Å². The molecule has 0 aromatic carbocycles. The quantitative estimate of drug-likeness (QED) is 0.0769. The number of hydrogen-bond acceptors (Lipinski definition) is 28. The van der Waals surface area contributed by atoms with Crippen LogP contribution in [0.15, 0.2) is 0 Å². The van der Waals surface area contributed by atoms with Crippen molar-refractivity contribution in [1.82, 2.24) is 0 Å². The average Bonchev–Trinajstić information content (AvgIpc) is 3.88. The standard InChI is InChI=1S/C37H58O28/c1-51-4-10-17(43)29(21(47)35(57-10)62-25-13-7-53-30(25)22(48)36(59-13)63-27-14(40)8(2-38)55-32(50)18(27)44)65-37-23(49)31-24(12(60-37)6-54-31)61-34-20(46)28(15(41)9(3-39)56-34)64-33-19(45)26-16(42)11(58-33)5-52-26/h8-50H,2-7H2,1H3/t8-,9-,10-,11+,12+,13+,14+,15+,16-,17+,18-,19+,20-,21-,22+,23+,24-,25-,26-,27+,28+,29+,30+,31+,32?,33+,34+,35+,36+,37+/m1/s1. The Kier molecular flexibility index (Phi) is 15.0. The number of aliphatic hydroxyl groups excluding tert-OH is 13. The Morgan fingerprint density at radius 2 is 0.738 bits per heavy atom. The number of rotatable bonds is 14. The zero-order chi connectivity index (χ0) is 46.2. The van der Waals surface area contributed by atoms with Crippen LogP contribution in [0.1, 0.15) is 0 Å². The molecule has 65 heavy (non-hydrogen) atoms. The lowest BCUT2D eigenvalue weighted by atomic mass is 9.96. The summed E-state index contributed by atoms with van der Waals surface area (Å²) in [5.41, 5.74) is 0. The highest BCUT2D eigenvalue weighted by atomic mass is 16.8. The van der Waals surface area contributed by atoms with E-state index in [1.54, 1.807) is 0 Å². The monoisotopic (exact) mass is 950 g/mol. The number of fused-ring (bicyclic) bond motifs is 6. The van der Waals surface area contributed by atoms with Gasteiger partial charge in [0.2, 0.25) is 0 Å². The first kappa shape index (κ1) is 48.9. The van der Waals surface area contributed by atoms with Gasteiger partial charge in [0.25, 0.3) is 0 Å². The molecule has 9 fully saturated rings. The third-order valence-corrected chi connectivity index (χ3v) is 13.3. The second-order valence-corrected chi connectivity index (χ2v) is 17.4. The molecule has 9 aliphatic heterocycles. The van der Waals surface area contributed by atoms with Gasteiger partial charge >= 0.3 is 0 Å². The van der Waals surface area contributed by atoms with Crippen LogP contribution in [0.3, 0.4) is 0 Å². The minimum absolute atomic E-state index is 0.0342. The maximum absolute atomic E-state index is 11.6. The Balaban J connectivity index is 0.840. The van der Waals surface area contributed by atoms with Gasteiger partial charge in [-0.1, -0.05) is 0 Å². The van der Waals surface area contributed by atoms with Gasteiger partial charge in [-0.2, -0.15) is 0 Å². The minimum atomic E-state index is -1.84. The molecule has 6 bridgehead atoms. The van der Waals surface area contributed by atoms with Gasteiger partial charge < -0.3 is 137 Å². The van der Waals surface area contributed by atoms with Crippen LogP contribution in [0.2, 0.25) is 0 Å². The van der Waals surface area contributed by atoms with Gasteiger partial charge in [-0.05, 0) is 0 Å². The minimum Gasteiger partial charge on any atom is -0.394 e. The van der Waals surface area contributed by atoms with Crippen molar-refractivity contribution in [3.8, 4) is 0 Å². The van der Waals surface area contributed by atoms with Crippen molar-refractivity contribution in [1.29, 1.82) is 0 Å². The molecular weight excluding hydrogens is 892 g/mol. The normalized spacial score (nSPS) is 56.6. The van der Waals surface area contributed by atoms with E-state index in [4.69, 9.17) is 71.1 Å². The molecule has 0 aliphatic carbocycles. The van der Waals surface area contributed by atoms with Crippen LogP contribution in [-0.2, 0) is 71.1 Å². The van der Waals surface area contributed by atoms with Crippen LogP contribution < -0.4 is 0 Å². The molecule has 9 saturated heterocycles. The molecule has 0 saturated carbocycles. The Hall–Kier alpha value is -1.12. The Labute approximate surface area is 368 Å². The Morgan fingerprint density at radius 1 is 0.369 bits per heavy atom. The van der Waals surface area contributed by atoms with Crippen molar-refractivity contribution in [3.05, 3.63) is 0 Å². The van der Waals surface area contributed by atoms with Crippen molar-refractivity contribution in [2.45, 2.75) is 184 Å². The summed E-state index contributed by atoms with van der Waals surface area (Å²) in [7, 11) is 1.32. The molecule has 9 rings (SSSR count). The Morgan fingerprint density at radius 3 is 1.23 bits per heavy atom. The molecular formula is C37H58O28. The van der Waals surface area contributed by atoms with Gasteiger partial charge in [0.05, 0.1) is 39.6 Å². The lowest BCUT2D eigenvalue weighted by molar-refractivity contribution is -0.380. The molecule has 0 aromatic rings. The third-order valence-electron chi connectivity index (χ3n) is 13.3. The fourth-order valence-electron chi connectivity index (χ4n) is 9.77. The molecule has 13 N–H and O–H groups in total. The number of ether oxygens (including phenoxy) is 15. The highest BCUT2D eigenvalue weighted by molar-refractivity contribution is 5.03. The van der Waals surface area contributed by atoms with Crippen molar-refractivity contribution in [2.24, 2.45) is 0 Å². The van der Waals surface area contributed by atoms with Gasteiger partial charge in [0.1, 0.15) is 146 Å². The predicted molar refractivity (Wildman–Crippen MR) is 194 cm³/mol. The molecule has 0 radical (unpaired) electrons. The average molecular weight is 951 g/mol. The summed E-state index contributed by atoms with van der Waals surface area (Å²) in [6, 6.07) is 0. The smallest absolute Gasteiger partial charge is 0.187 e. The van der Waals surface area contributed by atoms with Gasteiger partial charge in [-0.15, -0.1) is 0 Å². The predicted octanol–water partition coefficient (Wildman–Crippen LogP) is -10.3. The van der Waals surface area contributed by atoms with E-state index in [-0.39, 0.29) is 26.4 Å². The van der Waals surface area contributed by atoms with Crippen LogP contribution in [0.5, 0.6) is 0 Å². The van der Waals surface area contributed by atoms with E-state index >= 15 is 0 Å². The summed E-state index contributed by atoms with van der Waals surface area (Å²) < 4.78 is 85.9. The van der Waals surface area contributed by atoms with Crippen molar-refractivity contribution in [2.75, 3.05) is 46.8 Å². The summed E-state index contributed by atoms with van der Waals surface area (Å²) in [4.78, 5) is 0. The lowest BCUT2D eigenvalue weighted by Crippen LogP contribution is -2.66. The number of aliphatic hydroxyl groups is 13. The number of hydrogen-bond donors (Lipinski definition) is 13. The maximum Gasteiger partial charge on any atom is 0.187 e. The van der Waals surface area contributed by atoms with E-state index in [1.165, 1.54) is 7.11 Å². The fraction of sp³-hybridized carbons (Fsp3) is 1.00. The van der Waals surface area contributed by atoms with Crippen molar-refractivity contribution < 1.29 is 137 Å². The summed E-state index contributed by atoms with van der Waals surface area (Å²) in [6.45, 7) is -2.10. The van der Waals surface area contributed by atoms with Crippen LogP contribution in [0, 0.1) is 0 Å². The summed E-state index contributed by atoms with van der Waals surface area (Å²) in [5.74, 6) is 0. The zero-order valence-corrected chi connectivity index (χ0v) is 34.5. The largest absolute Gasteiger partial charge is 0.394 e. The molecule has 0 aromatic heterocycles. The second kappa shape index (κ2) is 19.9. The highest BCUT2D eigenvalue weighted by Gasteiger charge is 2.61. The van der Waals surface area contributed by atoms with Crippen LogP contribution in [0.25, 0.3) is 0 Å². The lowest BCUT2D eigenvalue weighted by Gasteiger charge is -2.48. The summed E-state index contributed by atoms with van der Waals surface area (Å²) in [5, 5.41) is 140. The Bertz CT molecular complexity index is 1570. The van der Waals surface area contributed by atoms with E-state index in [0.29, 0.717) is 0 Å². The third kappa shape index (κ3) is 9.00. The number of methoxy groups -OCH3 is 1. The van der Waals surface area contributed by atoms with E-state index < -0.39 is 197 Å². The molecule has 28 nitrogen and oxygen atoms in total. The molecule has 28 heteroatoms. The van der Waals surface area contributed by atoms with E-state index in [2.05, 4.69) is 0 Å². The van der Waals surface area contributed by atoms with Gasteiger partial charge in [0, 0.05) is 7.11 Å². The maximum atomic E-state index is 11.6. The molecule has 374 valence electrons. The second-order valence-electron chi connectivity index (χ2n) is 17.4. The van der Waals surface area contributed by atoms with Gasteiger partial charge in [-0.3, -0.25) is 0 Å². The van der Waals surface area contributed by atoms with E-state index in [9.17, 15) is 66.4 Å². The zero-order valence-electron chi connectivity index (χ0n) is 34.5. The first-order valence-electron chi connectivity index (χ1n) is 21.4. The van der Waals surface area contributed by atoms with E-state index in [0.717, 1.165) is 0 Å². The molecule has 0 spiro atoms. The van der Waals surface area contributed by atoms with Crippen molar-refractivity contribution >= 4 is 0 Å². The van der Waals surface area contributed by atoms with Crippen molar-refractivity contribution in [3.63, 3.8) is 0 Å². The molecule has 1 unspecified atom stereocenters. The fourth-order valence-corrected chi connectivity index (χ4v) is 9.77. The highest BCUT2D eigenvalue weighted by Crippen LogP contribution is 2.41. The molecule has 9 heterocycles. The van der Waals surface area contributed by atoms with E-state index in [1.807, 2.05) is 0 Å². The summed E-state index contributed by atoms with van der Waals surface area (Å²) >= 11 is 0.